The third kappa shape index (κ3) is 1170. The number of rotatable bonds is 0. The largest absolute Gasteiger partial charge is 0.503 e. The van der Waals surface area contributed by atoms with Crippen LogP contribution in [0.5, 0.6) is 0 Å². The fourth-order valence-electron chi connectivity index (χ4n) is 0. The van der Waals surface area contributed by atoms with Crippen molar-refractivity contribution in [3.8, 4) is 12.1 Å². The maximum absolute atomic E-state index is 10.4. The molecule has 0 aliphatic heterocycles. The van der Waals surface area contributed by atoms with Gasteiger partial charge in [0.25, 0.3) is 0 Å². The van der Waals surface area contributed by atoms with Crippen LogP contribution in [0, 0.1) is 12.1 Å². The van der Waals surface area contributed by atoms with E-state index in [4.69, 9.17) is 15.0 Å². The van der Waals surface area contributed by atoms with Crippen LogP contribution in [0.1, 0.15) is 6.92 Å². The second kappa shape index (κ2) is 9.23. The van der Waals surface area contributed by atoms with Crippen molar-refractivity contribution in [3.63, 3.8) is 0 Å². The number of halogens is 1. The van der Waals surface area contributed by atoms with Gasteiger partial charge in [-0.15, -0.1) is 4.39 Å². The minimum atomic E-state index is -1.83. The summed E-state index contributed by atoms with van der Waals surface area (Å²) in [6.45, 7) is 1.44. The van der Waals surface area contributed by atoms with Gasteiger partial charge in [-0.05, 0) is 6.92 Å². The summed E-state index contributed by atoms with van der Waals surface area (Å²) < 4.78 is 10.4. The SMILES string of the molecule is CC#CF.O=C(O)O. The first kappa shape index (κ1) is 9.90. The minimum absolute atomic E-state index is 1.18. The Morgan fingerprint density at radius 1 is 1.62 bits per heavy atom. The van der Waals surface area contributed by atoms with Crippen LogP contribution in [-0.2, 0) is 0 Å². The summed E-state index contributed by atoms with van der Waals surface area (Å²) in [5.74, 6) is 2.01. The van der Waals surface area contributed by atoms with Crippen molar-refractivity contribution >= 4 is 6.16 Å². The van der Waals surface area contributed by atoms with Gasteiger partial charge in [0, 0.05) is 0 Å². The molecule has 0 saturated carbocycles. The molecular formula is C4H5FO3. The zero-order valence-corrected chi connectivity index (χ0v) is 4.18. The van der Waals surface area contributed by atoms with Gasteiger partial charge in [-0.2, -0.15) is 0 Å². The Morgan fingerprint density at radius 2 is 1.75 bits per heavy atom. The highest BCUT2D eigenvalue weighted by molar-refractivity contribution is 5.53. The first-order chi connectivity index (χ1) is 3.65. The molecule has 0 amide bonds. The van der Waals surface area contributed by atoms with E-state index in [1.54, 1.807) is 0 Å². The predicted octanol–water partition coefficient (Wildman–Crippen LogP) is 1.16. The van der Waals surface area contributed by atoms with Gasteiger partial charge in [0.15, 0.2) is 0 Å². The van der Waals surface area contributed by atoms with Crippen LogP contribution in [0.25, 0.3) is 0 Å². The fraction of sp³-hybridized carbons (Fsp3) is 0.250. The smallest absolute Gasteiger partial charge is 0.450 e. The highest BCUT2D eigenvalue weighted by Crippen LogP contribution is 1.46. The Morgan fingerprint density at radius 3 is 1.75 bits per heavy atom. The lowest BCUT2D eigenvalue weighted by Crippen LogP contribution is -1.81. The molecule has 46 valence electrons. The standard InChI is InChI=1S/C3H3F.CH2O3/c1-2-3-4;2-1(3)4/h1H3;(H2,2,3,4). The highest BCUT2D eigenvalue weighted by Gasteiger charge is 1.70. The average molecular weight is 120 g/mol. The summed E-state index contributed by atoms with van der Waals surface area (Å²) in [7, 11) is 0. The van der Waals surface area contributed by atoms with Crippen LogP contribution in [0.15, 0.2) is 0 Å². The Kier molecular flexibility index (Phi) is 11.4. The molecule has 0 fully saturated rings. The van der Waals surface area contributed by atoms with Gasteiger partial charge in [0.05, 0.1) is 0 Å². The summed E-state index contributed by atoms with van der Waals surface area (Å²) in [6.07, 6.45) is -0.653. The Bertz CT molecular complexity index is 100. The van der Waals surface area contributed by atoms with Crippen LogP contribution >= 0.6 is 0 Å². The highest BCUT2D eigenvalue weighted by atomic mass is 19.1. The molecule has 0 radical (unpaired) electrons. The van der Waals surface area contributed by atoms with Crippen molar-refractivity contribution in [2.75, 3.05) is 0 Å². The van der Waals surface area contributed by atoms with Crippen molar-refractivity contribution in [1.82, 2.24) is 0 Å². The predicted molar refractivity (Wildman–Crippen MR) is 25.2 cm³/mol. The molecule has 2 N–H and O–H groups in total. The van der Waals surface area contributed by atoms with E-state index in [-0.39, 0.29) is 0 Å². The molecular weight excluding hydrogens is 115 g/mol. The minimum Gasteiger partial charge on any atom is -0.450 e. The van der Waals surface area contributed by atoms with E-state index >= 15 is 0 Å². The zero-order valence-electron chi connectivity index (χ0n) is 4.18. The van der Waals surface area contributed by atoms with Crippen molar-refractivity contribution in [2.45, 2.75) is 6.92 Å². The van der Waals surface area contributed by atoms with Gasteiger partial charge < -0.3 is 10.2 Å². The van der Waals surface area contributed by atoms with E-state index in [2.05, 4.69) is 0 Å². The third-order valence-electron chi connectivity index (χ3n) is 0.0945. The lowest BCUT2D eigenvalue weighted by molar-refractivity contribution is 0.137. The lowest BCUT2D eigenvalue weighted by atomic mass is 10.8. The molecule has 0 aliphatic rings. The van der Waals surface area contributed by atoms with Crippen LogP contribution in [0.2, 0.25) is 0 Å². The van der Waals surface area contributed by atoms with E-state index < -0.39 is 6.16 Å². The molecule has 0 bridgehead atoms. The van der Waals surface area contributed by atoms with E-state index in [9.17, 15) is 4.39 Å². The summed E-state index contributed by atoms with van der Waals surface area (Å²) in [5, 5.41) is 13.9. The van der Waals surface area contributed by atoms with Crippen LogP contribution < -0.4 is 0 Å². The Labute approximate surface area is 45.8 Å². The van der Waals surface area contributed by atoms with E-state index in [1.807, 2.05) is 5.92 Å². The molecule has 0 unspecified atom stereocenters. The molecule has 0 aromatic carbocycles. The van der Waals surface area contributed by atoms with Crippen LogP contribution in [-0.4, -0.2) is 16.4 Å². The molecule has 0 aromatic heterocycles. The Hall–Kier alpha value is -1.24. The Balaban J connectivity index is 0. The maximum atomic E-state index is 10.4. The zero-order chi connectivity index (χ0) is 6.99. The van der Waals surface area contributed by atoms with Crippen molar-refractivity contribution in [2.24, 2.45) is 0 Å². The first-order valence-electron chi connectivity index (χ1n) is 1.59. The van der Waals surface area contributed by atoms with Gasteiger partial charge in [-0.1, -0.05) is 5.92 Å². The number of hydrogen-bond acceptors (Lipinski definition) is 1. The molecule has 0 spiro atoms. The normalized spacial score (nSPS) is 4.75. The van der Waals surface area contributed by atoms with Crippen LogP contribution in [0.4, 0.5) is 9.18 Å². The first-order valence-corrected chi connectivity index (χ1v) is 1.59. The van der Waals surface area contributed by atoms with E-state index in [0.29, 0.717) is 0 Å². The van der Waals surface area contributed by atoms with E-state index in [1.165, 1.54) is 13.1 Å². The van der Waals surface area contributed by atoms with Crippen LogP contribution in [0.3, 0.4) is 0 Å². The molecule has 0 rings (SSSR count). The van der Waals surface area contributed by atoms with Crippen molar-refractivity contribution in [1.29, 1.82) is 0 Å². The second-order valence-electron chi connectivity index (χ2n) is 0.627. The monoisotopic (exact) mass is 120 g/mol. The molecule has 8 heavy (non-hydrogen) atoms. The fourth-order valence-corrected chi connectivity index (χ4v) is 0. The molecule has 0 aliphatic carbocycles. The molecule has 0 heterocycles. The van der Waals surface area contributed by atoms with Gasteiger partial charge in [-0.25, -0.2) is 4.79 Å². The summed E-state index contributed by atoms with van der Waals surface area (Å²) in [4.78, 5) is 8.56. The average Bonchev–Trinajstić information content (AvgIpc) is 1.65. The molecule has 0 aromatic rings. The molecule has 4 heteroatoms. The molecule has 3 nitrogen and oxygen atoms in total. The second-order valence-corrected chi connectivity index (χ2v) is 0.627. The van der Waals surface area contributed by atoms with Gasteiger partial charge in [0.2, 0.25) is 0 Å². The number of carboxylic acid groups (broad SMARTS) is 2. The molecule has 0 atom stereocenters. The van der Waals surface area contributed by atoms with Gasteiger partial charge in [0.1, 0.15) is 6.17 Å². The van der Waals surface area contributed by atoms with E-state index in [0.717, 1.165) is 0 Å². The number of hydrogen-bond donors (Lipinski definition) is 2. The number of carbonyl (C=O) groups is 1. The summed E-state index contributed by atoms with van der Waals surface area (Å²) >= 11 is 0. The van der Waals surface area contributed by atoms with Crippen molar-refractivity contribution < 1.29 is 19.4 Å². The summed E-state index contributed by atoms with van der Waals surface area (Å²) in [6, 6.07) is 0. The topological polar surface area (TPSA) is 57.5 Å². The van der Waals surface area contributed by atoms with Crippen molar-refractivity contribution in [3.05, 3.63) is 0 Å². The summed E-state index contributed by atoms with van der Waals surface area (Å²) in [5.41, 5.74) is 0. The molecule has 0 saturated heterocycles. The maximum Gasteiger partial charge on any atom is 0.503 e. The third-order valence-corrected chi connectivity index (χ3v) is 0.0945. The quantitative estimate of drug-likeness (QED) is 0.471. The lowest BCUT2D eigenvalue weighted by Gasteiger charge is -1.60. The van der Waals surface area contributed by atoms with Gasteiger partial charge in [-0.3, -0.25) is 0 Å². The van der Waals surface area contributed by atoms with Gasteiger partial charge >= 0.3 is 6.16 Å².